The summed E-state index contributed by atoms with van der Waals surface area (Å²) in [5.41, 5.74) is 2.37. The Morgan fingerprint density at radius 1 is 1.21 bits per heavy atom. The van der Waals surface area contributed by atoms with E-state index in [4.69, 9.17) is 0 Å². The van der Waals surface area contributed by atoms with E-state index in [9.17, 15) is 0 Å². The average Bonchev–Trinajstić information content (AvgIpc) is 2.69. The van der Waals surface area contributed by atoms with Gasteiger partial charge in [0.25, 0.3) is 0 Å². The van der Waals surface area contributed by atoms with Gasteiger partial charge in [-0.05, 0) is 39.7 Å². The zero-order valence-electron chi connectivity index (χ0n) is 7.63. The standard InChI is InChI=1S/C11H11BrN2/c12-10-3-1-2-4-11(10)14-8-9-5-6-13-7-9/h1-7,13-14H,8H2. The molecule has 0 bridgehead atoms. The summed E-state index contributed by atoms with van der Waals surface area (Å²) in [7, 11) is 0. The lowest BCUT2D eigenvalue weighted by Gasteiger charge is -2.06. The first-order valence-electron chi connectivity index (χ1n) is 4.46. The van der Waals surface area contributed by atoms with Crippen LogP contribution >= 0.6 is 15.9 Å². The Morgan fingerprint density at radius 2 is 2.07 bits per heavy atom. The summed E-state index contributed by atoms with van der Waals surface area (Å²) in [6.07, 6.45) is 3.92. The molecule has 0 unspecified atom stereocenters. The number of halogens is 1. The van der Waals surface area contributed by atoms with Crippen molar-refractivity contribution in [1.82, 2.24) is 4.98 Å². The molecule has 2 aromatic rings. The number of H-pyrrole nitrogens is 1. The maximum atomic E-state index is 3.49. The average molecular weight is 251 g/mol. The molecule has 72 valence electrons. The van der Waals surface area contributed by atoms with Crippen LogP contribution in [0, 0.1) is 0 Å². The maximum absolute atomic E-state index is 3.49. The van der Waals surface area contributed by atoms with Crippen LogP contribution in [0.4, 0.5) is 5.69 Å². The molecule has 0 fully saturated rings. The van der Waals surface area contributed by atoms with Crippen LogP contribution in [0.3, 0.4) is 0 Å². The SMILES string of the molecule is Brc1ccccc1NCc1cc[nH]c1. The quantitative estimate of drug-likeness (QED) is 0.859. The van der Waals surface area contributed by atoms with Gasteiger partial charge in [-0.2, -0.15) is 0 Å². The molecular formula is C11H11BrN2. The molecule has 0 amide bonds. The number of benzene rings is 1. The highest BCUT2D eigenvalue weighted by Crippen LogP contribution is 2.21. The first kappa shape index (κ1) is 9.34. The molecule has 0 aliphatic rings. The van der Waals surface area contributed by atoms with Crippen molar-refractivity contribution in [2.45, 2.75) is 6.54 Å². The summed E-state index contributed by atoms with van der Waals surface area (Å²) in [5, 5.41) is 3.35. The third-order valence-corrected chi connectivity index (χ3v) is 2.71. The Balaban J connectivity index is 2.02. The highest BCUT2D eigenvalue weighted by molar-refractivity contribution is 9.10. The van der Waals surface area contributed by atoms with Gasteiger partial charge in [-0.15, -0.1) is 0 Å². The number of hydrogen-bond donors (Lipinski definition) is 2. The lowest BCUT2D eigenvalue weighted by molar-refractivity contribution is 1.15. The van der Waals surface area contributed by atoms with Crippen LogP contribution in [0.15, 0.2) is 47.2 Å². The number of aromatic nitrogens is 1. The fourth-order valence-electron chi connectivity index (χ4n) is 1.27. The third kappa shape index (κ3) is 2.17. The van der Waals surface area contributed by atoms with Gasteiger partial charge in [0.15, 0.2) is 0 Å². The monoisotopic (exact) mass is 250 g/mol. The molecule has 0 aliphatic carbocycles. The second-order valence-electron chi connectivity index (χ2n) is 3.05. The minimum absolute atomic E-state index is 0.839. The Bertz CT molecular complexity index is 395. The van der Waals surface area contributed by atoms with Crippen molar-refractivity contribution in [3.05, 3.63) is 52.8 Å². The second kappa shape index (κ2) is 4.33. The van der Waals surface area contributed by atoms with Gasteiger partial charge in [-0.3, -0.25) is 0 Å². The Labute approximate surface area is 91.5 Å². The number of hydrogen-bond acceptors (Lipinski definition) is 1. The molecule has 2 nitrogen and oxygen atoms in total. The van der Waals surface area contributed by atoms with E-state index >= 15 is 0 Å². The minimum atomic E-state index is 0.839. The van der Waals surface area contributed by atoms with Crippen molar-refractivity contribution in [2.24, 2.45) is 0 Å². The lowest BCUT2D eigenvalue weighted by atomic mass is 10.3. The van der Waals surface area contributed by atoms with Crippen molar-refractivity contribution < 1.29 is 0 Å². The Kier molecular flexibility index (Phi) is 2.89. The zero-order valence-corrected chi connectivity index (χ0v) is 9.21. The van der Waals surface area contributed by atoms with Crippen LogP contribution in [0.25, 0.3) is 0 Å². The van der Waals surface area contributed by atoms with Crippen LogP contribution in [0.1, 0.15) is 5.56 Å². The topological polar surface area (TPSA) is 27.8 Å². The van der Waals surface area contributed by atoms with Gasteiger partial charge in [0, 0.05) is 29.1 Å². The smallest absolute Gasteiger partial charge is 0.0487 e. The van der Waals surface area contributed by atoms with Crippen LogP contribution in [-0.2, 0) is 6.54 Å². The van der Waals surface area contributed by atoms with E-state index in [0.717, 1.165) is 16.7 Å². The second-order valence-corrected chi connectivity index (χ2v) is 3.91. The minimum Gasteiger partial charge on any atom is -0.380 e. The number of anilines is 1. The van der Waals surface area contributed by atoms with Crippen molar-refractivity contribution in [1.29, 1.82) is 0 Å². The van der Waals surface area contributed by atoms with Gasteiger partial charge in [-0.25, -0.2) is 0 Å². The highest BCUT2D eigenvalue weighted by Gasteiger charge is 1.97. The number of aromatic amines is 1. The summed E-state index contributed by atoms with van der Waals surface area (Å²) in [4.78, 5) is 3.03. The molecule has 2 rings (SSSR count). The van der Waals surface area contributed by atoms with E-state index in [2.05, 4.69) is 38.4 Å². The Morgan fingerprint density at radius 3 is 2.79 bits per heavy atom. The molecule has 0 radical (unpaired) electrons. The van der Waals surface area contributed by atoms with Crippen LogP contribution < -0.4 is 5.32 Å². The molecule has 0 aliphatic heterocycles. The molecule has 1 aromatic carbocycles. The summed E-state index contributed by atoms with van der Waals surface area (Å²) >= 11 is 3.49. The van der Waals surface area contributed by atoms with E-state index < -0.39 is 0 Å². The molecule has 1 aromatic heterocycles. The first-order chi connectivity index (χ1) is 6.86. The lowest BCUT2D eigenvalue weighted by Crippen LogP contribution is -1.98. The van der Waals surface area contributed by atoms with Crippen molar-refractivity contribution in [3.63, 3.8) is 0 Å². The molecule has 3 heteroatoms. The van der Waals surface area contributed by atoms with E-state index in [1.54, 1.807) is 0 Å². The number of nitrogens with one attached hydrogen (secondary N) is 2. The molecule has 14 heavy (non-hydrogen) atoms. The maximum Gasteiger partial charge on any atom is 0.0487 e. The van der Waals surface area contributed by atoms with Crippen molar-refractivity contribution in [2.75, 3.05) is 5.32 Å². The fourth-order valence-corrected chi connectivity index (χ4v) is 1.70. The van der Waals surface area contributed by atoms with Crippen molar-refractivity contribution >= 4 is 21.6 Å². The van der Waals surface area contributed by atoms with Crippen LogP contribution in [0.5, 0.6) is 0 Å². The van der Waals surface area contributed by atoms with Gasteiger partial charge in [0.05, 0.1) is 0 Å². The van der Waals surface area contributed by atoms with E-state index in [-0.39, 0.29) is 0 Å². The normalized spacial score (nSPS) is 10.1. The Hall–Kier alpha value is -1.22. The zero-order chi connectivity index (χ0) is 9.80. The van der Waals surface area contributed by atoms with Crippen LogP contribution in [0.2, 0.25) is 0 Å². The van der Waals surface area contributed by atoms with E-state index in [0.29, 0.717) is 0 Å². The van der Waals surface area contributed by atoms with Crippen molar-refractivity contribution in [3.8, 4) is 0 Å². The molecule has 0 saturated heterocycles. The predicted molar refractivity (Wildman–Crippen MR) is 62.3 cm³/mol. The van der Waals surface area contributed by atoms with E-state index in [1.807, 2.05) is 30.6 Å². The number of rotatable bonds is 3. The molecular weight excluding hydrogens is 240 g/mol. The molecule has 2 N–H and O–H groups in total. The molecule has 1 heterocycles. The summed E-state index contributed by atoms with van der Waals surface area (Å²) in [6.45, 7) is 0.839. The largest absolute Gasteiger partial charge is 0.380 e. The third-order valence-electron chi connectivity index (χ3n) is 2.02. The highest BCUT2D eigenvalue weighted by atomic mass is 79.9. The van der Waals surface area contributed by atoms with Gasteiger partial charge in [-0.1, -0.05) is 12.1 Å². The van der Waals surface area contributed by atoms with Gasteiger partial charge in [0.2, 0.25) is 0 Å². The van der Waals surface area contributed by atoms with Crippen LogP contribution in [-0.4, -0.2) is 4.98 Å². The summed E-state index contributed by atoms with van der Waals surface area (Å²) < 4.78 is 1.09. The first-order valence-corrected chi connectivity index (χ1v) is 5.25. The van der Waals surface area contributed by atoms with Gasteiger partial charge in [0.1, 0.15) is 0 Å². The van der Waals surface area contributed by atoms with Gasteiger partial charge < -0.3 is 10.3 Å². The summed E-state index contributed by atoms with van der Waals surface area (Å²) in [6, 6.07) is 10.2. The molecule has 0 spiro atoms. The van der Waals surface area contributed by atoms with E-state index in [1.165, 1.54) is 5.56 Å². The fraction of sp³-hybridized carbons (Fsp3) is 0.0909. The molecule has 0 saturated carbocycles. The number of para-hydroxylation sites is 1. The van der Waals surface area contributed by atoms with Gasteiger partial charge >= 0.3 is 0 Å². The predicted octanol–water partition coefficient (Wildman–Crippen LogP) is 3.39. The summed E-state index contributed by atoms with van der Waals surface area (Å²) in [5.74, 6) is 0. The molecule has 0 atom stereocenters.